The second kappa shape index (κ2) is 9.24. The Morgan fingerprint density at radius 3 is 2.77 bits per heavy atom. The molecule has 144 valence electrons. The Balaban J connectivity index is 0.00000243. The fraction of sp³-hybridized carbons (Fsp3) is 0.579. The van der Waals surface area contributed by atoms with Gasteiger partial charge >= 0.3 is 0 Å². The molecule has 3 rings (SSSR count). The number of carbonyl (C=O) groups is 2. The number of halogens is 1. The molecule has 1 aliphatic heterocycles. The lowest BCUT2D eigenvalue weighted by Crippen LogP contribution is -2.39. The number of carbonyl (C=O) groups excluding carboxylic acids is 2. The Morgan fingerprint density at radius 2 is 2.04 bits per heavy atom. The SMILES string of the molecule is CN(C)C(=O)COc1cccc(NC(=O)C2CC3CCCCC3N2)c1.Cl. The van der Waals surface area contributed by atoms with Crippen LogP contribution >= 0.6 is 12.4 Å². The summed E-state index contributed by atoms with van der Waals surface area (Å²) < 4.78 is 5.50. The quantitative estimate of drug-likeness (QED) is 0.821. The van der Waals surface area contributed by atoms with Crippen LogP contribution in [0.15, 0.2) is 24.3 Å². The van der Waals surface area contributed by atoms with Gasteiger partial charge < -0.3 is 20.3 Å². The number of nitrogens with one attached hydrogen (secondary N) is 2. The summed E-state index contributed by atoms with van der Waals surface area (Å²) in [7, 11) is 3.38. The summed E-state index contributed by atoms with van der Waals surface area (Å²) >= 11 is 0. The van der Waals surface area contributed by atoms with Crippen LogP contribution in [0.3, 0.4) is 0 Å². The molecule has 1 aromatic carbocycles. The molecular weight excluding hydrogens is 354 g/mol. The van der Waals surface area contributed by atoms with E-state index in [2.05, 4.69) is 10.6 Å². The zero-order valence-electron chi connectivity index (χ0n) is 15.4. The monoisotopic (exact) mass is 381 g/mol. The Bertz CT molecular complexity index is 624. The van der Waals surface area contributed by atoms with Gasteiger partial charge in [-0.3, -0.25) is 9.59 Å². The van der Waals surface area contributed by atoms with Gasteiger partial charge in [0.1, 0.15) is 5.75 Å². The van der Waals surface area contributed by atoms with Crippen LogP contribution in [0.25, 0.3) is 0 Å². The molecule has 0 aromatic heterocycles. The van der Waals surface area contributed by atoms with E-state index in [0.717, 1.165) is 6.42 Å². The molecule has 1 aromatic rings. The van der Waals surface area contributed by atoms with Crippen molar-refractivity contribution < 1.29 is 14.3 Å². The van der Waals surface area contributed by atoms with Gasteiger partial charge in [-0.2, -0.15) is 0 Å². The minimum atomic E-state index is -0.118. The smallest absolute Gasteiger partial charge is 0.259 e. The largest absolute Gasteiger partial charge is 0.484 e. The van der Waals surface area contributed by atoms with E-state index in [9.17, 15) is 9.59 Å². The van der Waals surface area contributed by atoms with Gasteiger partial charge in [-0.1, -0.05) is 18.9 Å². The highest BCUT2D eigenvalue weighted by Crippen LogP contribution is 2.33. The van der Waals surface area contributed by atoms with Crippen molar-refractivity contribution in [1.82, 2.24) is 10.2 Å². The number of fused-ring (bicyclic) bond motifs is 1. The number of nitrogens with zero attached hydrogens (tertiary/aromatic N) is 1. The Hall–Kier alpha value is -1.79. The molecule has 0 spiro atoms. The van der Waals surface area contributed by atoms with E-state index in [0.29, 0.717) is 23.4 Å². The maximum atomic E-state index is 12.5. The molecule has 1 aliphatic carbocycles. The summed E-state index contributed by atoms with van der Waals surface area (Å²) in [6.45, 7) is -0.0159. The third kappa shape index (κ3) is 5.11. The van der Waals surface area contributed by atoms with Crippen LogP contribution in [-0.4, -0.2) is 49.5 Å². The summed E-state index contributed by atoms with van der Waals surface area (Å²) in [4.78, 5) is 25.6. The van der Waals surface area contributed by atoms with Gasteiger partial charge in [0.05, 0.1) is 6.04 Å². The van der Waals surface area contributed by atoms with E-state index in [4.69, 9.17) is 4.74 Å². The Morgan fingerprint density at radius 1 is 1.27 bits per heavy atom. The second-order valence-corrected chi connectivity index (χ2v) is 7.20. The molecule has 3 unspecified atom stereocenters. The first-order chi connectivity index (χ1) is 12.0. The van der Waals surface area contributed by atoms with Gasteiger partial charge in [0, 0.05) is 31.9 Å². The van der Waals surface area contributed by atoms with Crippen LogP contribution < -0.4 is 15.4 Å². The molecule has 2 amide bonds. The molecule has 6 nitrogen and oxygen atoms in total. The van der Waals surface area contributed by atoms with E-state index < -0.39 is 0 Å². The lowest BCUT2D eigenvalue weighted by atomic mass is 9.85. The van der Waals surface area contributed by atoms with Crippen molar-refractivity contribution in [2.24, 2.45) is 5.92 Å². The van der Waals surface area contributed by atoms with E-state index >= 15 is 0 Å². The molecule has 1 saturated carbocycles. The molecular formula is C19H28ClN3O3. The summed E-state index contributed by atoms with van der Waals surface area (Å²) in [6, 6.07) is 7.56. The molecule has 1 heterocycles. The number of benzene rings is 1. The normalized spacial score (nSPS) is 24.2. The maximum absolute atomic E-state index is 12.5. The molecule has 2 aliphatic rings. The van der Waals surface area contributed by atoms with Gasteiger partial charge in [-0.15, -0.1) is 12.4 Å². The zero-order chi connectivity index (χ0) is 17.8. The fourth-order valence-corrected chi connectivity index (χ4v) is 3.69. The van der Waals surface area contributed by atoms with E-state index in [-0.39, 0.29) is 36.9 Å². The van der Waals surface area contributed by atoms with Gasteiger partial charge in [-0.25, -0.2) is 0 Å². The minimum Gasteiger partial charge on any atom is -0.484 e. The zero-order valence-corrected chi connectivity index (χ0v) is 16.2. The average Bonchev–Trinajstić information content (AvgIpc) is 3.04. The first kappa shape index (κ1) is 20.5. The molecule has 0 radical (unpaired) electrons. The average molecular weight is 382 g/mol. The van der Waals surface area contributed by atoms with Crippen LogP contribution in [0, 0.1) is 5.92 Å². The number of rotatable bonds is 5. The third-order valence-electron chi connectivity index (χ3n) is 5.14. The van der Waals surface area contributed by atoms with Crippen LogP contribution in [0.4, 0.5) is 5.69 Å². The standard InChI is InChI=1S/C19H27N3O3.ClH/c1-22(2)18(23)12-25-15-8-5-7-14(11-15)20-19(24)17-10-13-6-3-4-9-16(13)21-17;/h5,7-8,11,13,16-17,21H,3-4,6,9-10,12H2,1-2H3,(H,20,24);1H. The van der Waals surface area contributed by atoms with Crippen LogP contribution in [0.2, 0.25) is 0 Å². The minimum absolute atomic E-state index is 0. The van der Waals surface area contributed by atoms with Crippen LogP contribution in [-0.2, 0) is 9.59 Å². The van der Waals surface area contributed by atoms with Crippen LogP contribution in [0.1, 0.15) is 32.1 Å². The van der Waals surface area contributed by atoms with Crippen molar-refractivity contribution in [1.29, 1.82) is 0 Å². The van der Waals surface area contributed by atoms with Crippen molar-refractivity contribution >= 4 is 29.9 Å². The summed E-state index contributed by atoms with van der Waals surface area (Å²) in [6.07, 6.45) is 5.86. The molecule has 3 atom stereocenters. The van der Waals surface area contributed by atoms with E-state index in [1.165, 1.54) is 30.6 Å². The fourth-order valence-electron chi connectivity index (χ4n) is 3.69. The topological polar surface area (TPSA) is 70.7 Å². The lowest BCUT2D eigenvalue weighted by molar-refractivity contribution is -0.130. The number of ether oxygens (including phenoxy) is 1. The number of hydrogen-bond donors (Lipinski definition) is 2. The maximum Gasteiger partial charge on any atom is 0.259 e. The van der Waals surface area contributed by atoms with Crippen LogP contribution in [0.5, 0.6) is 5.75 Å². The summed E-state index contributed by atoms with van der Waals surface area (Å²) in [5.74, 6) is 1.11. The molecule has 2 N–H and O–H groups in total. The van der Waals surface area contributed by atoms with Gasteiger partial charge in [0.2, 0.25) is 5.91 Å². The number of anilines is 1. The predicted molar refractivity (Wildman–Crippen MR) is 104 cm³/mol. The van der Waals surface area contributed by atoms with Gasteiger partial charge in [0.25, 0.3) is 5.91 Å². The molecule has 7 heteroatoms. The van der Waals surface area contributed by atoms with Crippen molar-refractivity contribution in [3.8, 4) is 5.75 Å². The van der Waals surface area contributed by atoms with Crippen molar-refractivity contribution in [2.75, 3.05) is 26.0 Å². The number of hydrogen-bond acceptors (Lipinski definition) is 4. The molecule has 0 bridgehead atoms. The van der Waals surface area contributed by atoms with Crippen molar-refractivity contribution in [3.05, 3.63) is 24.3 Å². The second-order valence-electron chi connectivity index (χ2n) is 7.20. The van der Waals surface area contributed by atoms with E-state index in [1.54, 1.807) is 26.2 Å². The molecule has 1 saturated heterocycles. The number of likely N-dealkylation sites (N-methyl/N-ethyl adjacent to an activating group) is 1. The van der Waals surface area contributed by atoms with Gasteiger partial charge in [0.15, 0.2) is 6.61 Å². The number of amides is 2. The van der Waals surface area contributed by atoms with Crippen molar-refractivity contribution in [2.45, 2.75) is 44.2 Å². The highest BCUT2D eigenvalue weighted by molar-refractivity contribution is 5.95. The summed E-state index contributed by atoms with van der Waals surface area (Å²) in [5.41, 5.74) is 0.691. The first-order valence-electron chi connectivity index (χ1n) is 9.03. The predicted octanol–water partition coefficient (Wildman–Crippen LogP) is 2.43. The van der Waals surface area contributed by atoms with E-state index in [1.807, 2.05) is 12.1 Å². The molecule has 26 heavy (non-hydrogen) atoms. The molecule has 2 fully saturated rings. The summed E-state index contributed by atoms with van der Waals surface area (Å²) in [5, 5.41) is 6.45. The van der Waals surface area contributed by atoms with Gasteiger partial charge in [-0.05, 0) is 37.3 Å². The lowest BCUT2D eigenvalue weighted by Gasteiger charge is -2.24. The van der Waals surface area contributed by atoms with Crippen molar-refractivity contribution in [3.63, 3.8) is 0 Å². The Kier molecular flexibility index (Phi) is 7.29. The Labute approximate surface area is 161 Å². The third-order valence-corrected chi connectivity index (χ3v) is 5.14. The highest BCUT2D eigenvalue weighted by atomic mass is 35.5. The highest BCUT2D eigenvalue weighted by Gasteiger charge is 2.38. The first-order valence-corrected chi connectivity index (χ1v) is 9.03.